The quantitative estimate of drug-likeness (QED) is 0.582. The van der Waals surface area contributed by atoms with Crippen LogP contribution in [0.2, 0.25) is 0 Å². The van der Waals surface area contributed by atoms with Crippen molar-refractivity contribution < 1.29 is 9.53 Å². The molecule has 1 aliphatic heterocycles. The van der Waals surface area contributed by atoms with Gasteiger partial charge in [0.2, 0.25) is 0 Å². The summed E-state index contributed by atoms with van der Waals surface area (Å²) in [6.07, 6.45) is 5.82. The molecule has 0 atom stereocenters. The van der Waals surface area contributed by atoms with E-state index in [2.05, 4.69) is 34.7 Å². The van der Waals surface area contributed by atoms with E-state index >= 15 is 0 Å². The maximum Gasteiger partial charge on any atom is 0.340 e. The molecule has 3 nitrogen and oxygen atoms in total. The number of allylic oxidation sites excluding steroid dienone is 2. The van der Waals surface area contributed by atoms with Crippen molar-refractivity contribution in [1.29, 1.82) is 0 Å². The van der Waals surface area contributed by atoms with Crippen LogP contribution in [0.15, 0.2) is 48.6 Å². The fourth-order valence-electron chi connectivity index (χ4n) is 2.43. The van der Waals surface area contributed by atoms with Crippen LogP contribution in [0.1, 0.15) is 22.8 Å². The van der Waals surface area contributed by atoms with Crippen molar-refractivity contribution in [2.24, 2.45) is 0 Å². The number of ether oxygens (including phenoxy) is 1. The molecule has 0 unspecified atom stereocenters. The van der Waals surface area contributed by atoms with E-state index in [0.717, 1.165) is 19.8 Å². The zero-order valence-electron chi connectivity index (χ0n) is 12.1. The van der Waals surface area contributed by atoms with E-state index in [1.54, 1.807) is 0 Å². The summed E-state index contributed by atoms with van der Waals surface area (Å²) in [5.41, 5.74) is 1.73. The Hall–Kier alpha value is -1.82. The van der Waals surface area contributed by atoms with Crippen LogP contribution in [-0.4, -0.2) is 17.1 Å². The van der Waals surface area contributed by atoms with Crippen LogP contribution in [0.4, 0.5) is 0 Å². The van der Waals surface area contributed by atoms with Gasteiger partial charge in [0.05, 0.1) is 29.4 Å². The third kappa shape index (κ3) is 2.75. The van der Waals surface area contributed by atoms with Crippen LogP contribution in [-0.2, 0) is 4.74 Å². The summed E-state index contributed by atoms with van der Waals surface area (Å²) < 4.78 is 8.29. The van der Waals surface area contributed by atoms with Gasteiger partial charge < -0.3 is 9.30 Å². The highest BCUT2D eigenvalue weighted by Gasteiger charge is 2.16. The van der Waals surface area contributed by atoms with Gasteiger partial charge in [-0.15, -0.1) is 0 Å². The molecule has 111 valence electrons. The second kappa shape index (κ2) is 6.52. The Bertz CT molecular complexity index is 847. The minimum atomic E-state index is -0.283. The lowest BCUT2D eigenvalue weighted by atomic mass is 10.2. The first-order chi connectivity index (χ1) is 10.7. The molecule has 3 rings (SSSR count). The molecule has 22 heavy (non-hydrogen) atoms. The molecule has 0 spiro atoms. The van der Waals surface area contributed by atoms with Crippen LogP contribution in [0.5, 0.6) is 0 Å². The zero-order chi connectivity index (χ0) is 15.5. The van der Waals surface area contributed by atoms with E-state index in [-0.39, 0.29) is 5.97 Å². The van der Waals surface area contributed by atoms with Crippen molar-refractivity contribution in [3.63, 3.8) is 0 Å². The minimum absolute atomic E-state index is 0.283. The van der Waals surface area contributed by atoms with E-state index in [4.69, 9.17) is 4.74 Å². The van der Waals surface area contributed by atoms with Gasteiger partial charge >= 0.3 is 5.97 Å². The predicted molar refractivity (Wildman–Crippen MR) is 95.9 cm³/mol. The molecule has 0 aliphatic carbocycles. The summed E-state index contributed by atoms with van der Waals surface area (Å²) in [5.74, 6) is -0.283. The largest absolute Gasteiger partial charge is 0.462 e. The van der Waals surface area contributed by atoms with Crippen molar-refractivity contribution in [2.45, 2.75) is 6.92 Å². The zero-order valence-corrected chi connectivity index (χ0v) is 14.3. The van der Waals surface area contributed by atoms with Gasteiger partial charge in [0.15, 0.2) is 0 Å². The molecule has 0 N–H and O–H groups in total. The maximum absolute atomic E-state index is 12.2. The minimum Gasteiger partial charge on any atom is -0.462 e. The summed E-state index contributed by atoms with van der Waals surface area (Å²) >= 11 is 2.32. The molecule has 4 heteroatoms. The van der Waals surface area contributed by atoms with Crippen molar-refractivity contribution in [3.05, 3.63) is 76.9 Å². The maximum atomic E-state index is 12.2. The molecular weight excluding hydrogens is 389 g/mol. The number of hydrogen-bond acceptors (Lipinski definition) is 2. The van der Waals surface area contributed by atoms with Crippen molar-refractivity contribution in [1.82, 2.24) is 4.57 Å². The smallest absolute Gasteiger partial charge is 0.340 e. The van der Waals surface area contributed by atoms with Crippen LogP contribution in [0.3, 0.4) is 0 Å². The van der Waals surface area contributed by atoms with Crippen LogP contribution in [0.25, 0.3) is 9.66 Å². The van der Waals surface area contributed by atoms with Gasteiger partial charge in [0.25, 0.3) is 0 Å². The molecule has 2 aromatic rings. The van der Waals surface area contributed by atoms with Gasteiger partial charge in [-0.2, -0.15) is 0 Å². The summed E-state index contributed by atoms with van der Waals surface area (Å²) in [5, 5.41) is 1.85. The summed E-state index contributed by atoms with van der Waals surface area (Å²) in [4.78, 5) is 12.2. The number of nitrogens with zero attached hydrogens (tertiary/aromatic N) is 1. The van der Waals surface area contributed by atoms with Gasteiger partial charge in [-0.1, -0.05) is 42.5 Å². The lowest BCUT2D eigenvalue weighted by Gasteiger charge is -2.06. The van der Waals surface area contributed by atoms with Crippen LogP contribution >= 0.6 is 22.6 Å². The molecule has 0 saturated heterocycles. The Morgan fingerprint density at radius 1 is 1.23 bits per heavy atom. The Kier molecular flexibility index (Phi) is 4.47. The molecule has 1 radical (unpaired) electrons. The van der Waals surface area contributed by atoms with Gasteiger partial charge in [-0.25, -0.2) is 4.79 Å². The molecule has 1 aromatic carbocycles. The van der Waals surface area contributed by atoms with E-state index in [0.29, 0.717) is 12.2 Å². The number of fused-ring (bicyclic) bond motifs is 1. The molecule has 2 heterocycles. The van der Waals surface area contributed by atoms with E-state index in [1.165, 1.54) is 0 Å². The number of aromatic nitrogens is 1. The number of carbonyl (C=O) groups excluding carboxylic acids is 1. The number of rotatable bonds is 3. The van der Waals surface area contributed by atoms with Gasteiger partial charge in [0.1, 0.15) is 0 Å². The fraction of sp³-hybridized carbons (Fsp3) is 0.111. The predicted octanol–water partition coefficient (Wildman–Crippen LogP) is 2.62. The third-order valence-electron chi connectivity index (χ3n) is 3.42. The van der Waals surface area contributed by atoms with Crippen molar-refractivity contribution >= 4 is 38.2 Å². The Morgan fingerprint density at radius 3 is 2.73 bits per heavy atom. The molecule has 0 saturated carbocycles. The summed E-state index contributed by atoms with van der Waals surface area (Å²) in [6, 6.07) is 12.0. The molecular formula is C18H15INO2. The average Bonchev–Trinajstić information content (AvgIpc) is 2.95. The summed E-state index contributed by atoms with van der Waals surface area (Å²) in [6.45, 7) is 4.16. The number of halogens is 1. The highest BCUT2D eigenvalue weighted by molar-refractivity contribution is 14.1. The van der Waals surface area contributed by atoms with E-state index < -0.39 is 0 Å². The first-order valence-electron chi connectivity index (χ1n) is 7.08. The SMILES string of the molecule is CCOC(=O)c1cc(=C(I)c2ccccc2)n2c1=CC=C[CH]2. The van der Waals surface area contributed by atoms with Crippen molar-refractivity contribution in [3.8, 4) is 0 Å². The fourth-order valence-corrected chi connectivity index (χ4v) is 3.20. The molecule has 0 fully saturated rings. The topological polar surface area (TPSA) is 31.2 Å². The third-order valence-corrected chi connectivity index (χ3v) is 4.60. The first-order valence-corrected chi connectivity index (χ1v) is 8.15. The Morgan fingerprint density at radius 2 is 2.00 bits per heavy atom. The first kappa shape index (κ1) is 15.1. The lowest BCUT2D eigenvalue weighted by Crippen LogP contribution is -2.29. The standard InChI is InChI=1S/C18H15INO2/c1-2-22-18(21)14-12-16(20-11-7-6-10-15(14)20)17(19)13-8-4-3-5-9-13/h3-12H,2H2,1H3. The molecule has 0 amide bonds. The number of benzene rings is 1. The number of esters is 1. The average molecular weight is 404 g/mol. The molecule has 1 aromatic heterocycles. The number of carbonyl (C=O) groups is 1. The van der Waals surface area contributed by atoms with E-state index in [1.807, 2.05) is 60.5 Å². The highest BCUT2D eigenvalue weighted by atomic mass is 127. The second-order valence-electron chi connectivity index (χ2n) is 4.80. The normalized spacial score (nSPS) is 14.1. The van der Waals surface area contributed by atoms with Crippen LogP contribution in [0, 0.1) is 6.54 Å². The van der Waals surface area contributed by atoms with Gasteiger partial charge in [-0.05, 0) is 47.2 Å². The van der Waals surface area contributed by atoms with Crippen molar-refractivity contribution in [2.75, 3.05) is 6.61 Å². The van der Waals surface area contributed by atoms with Gasteiger partial charge in [-0.3, -0.25) is 0 Å². The van der Waals surface area contributed by atoms with Crippen LogP contribution < -0.4 is 10.7 Å². The number of hydrogen-bond donors (Lipinski definition) is 0. The molecule has 0 bridgehead atoms. The summed E-state index contributed by atoms with van der Waals surface area (Å²) in [7, 11) is 0. The van der Waals surface area contributed by atoms with Gasteiger partial charge in [0, 0.05) is 3.58 Å². The highest BCUT2D eigenvalue weighted by Crippen LogP contribution is 2.18. The second-order valence-corrected chi connectivity index (χ2v) is 5.88. The Labute approximate surface area is 142 Å². The monoisotopic (exact) mass is 404 g/mol. The van der Waals surface area contributed by atoms with E-state index in [9.17, 15) is 4.79 Å². The Balaban J connectivity index is 2.25. The lowest BCUT2D eigenvalue weighted by molar-refractivity contribution is 0.0525. The molecule has 1 aliphatic rings.